The maximum Gasteiger partial charge on any atom is 0.254 e. The molecule has 1 aromatic carbocycles. The van der Waals surface area contributed by atoms with E-state index in [2.05, 4.69) is 6.08 Å². The molecule has 0 radical (unpaired) electrons. The molecule has 0 spiro atoms. The predicted octanol–water partition coefficient (Wildman–Crippen LogP) is 3.32. The third kappa shape index (κ3) is 2.95. The Morgan fingerprint density at radius 2 is 2.08 bits per heavy atom. The second kappa shape index (κ2) is 7.08. The van der Waals surface area contributed by atoms with Crippen molar-refractivity contribution in [2.75, 3.05) is 33.0 Å². The zero-order valence-electron chi connectivity index (χ0n) is 14.7. The second-order valence-electron chi connectivity index (χ2n) is 7.30. The fraction of sp³-hybridized carbons (Fsp3) is 0.550. The summed E-state index contributed by atoms with van der Waals surface area (Å²) in [6.45, 7) is 3.13. The summed E-state index contributed by atoms with van der Waals surface area (Å²) in [5.41, 5.74) is 1.33. The van der Waals surface area contributed by atoms with Crippen LogP contribution in [-0.4, -0.2) is 49.8 Å². The van der Waals surface area contributed by atoms with E-state index in [1.165, 1.54) is 11.6 Å². The highest BCUT2D eigenvalue weighted by molar-refractivity contribution is 5.94. The quantitative estimate of drug-likeness (QED) is 0.757. The maximum absolute atomic E-state index is 13.6. The van der Waals surface area contributed by atoms with Crippen LogP contribution in [0.15, 0.2) is 29.8 Å². The fourth-order valence-electron chi connectivity index (χ4n) is 4.72. The molecular weight excluding hydrogens is 340 g/mol. The molecule has 1 aromatic rings. The van der Waals surface area contributed by atoms with Crippen molar-refractivity contribution in [1.29, 1.82) is 0 Å². The number of piperidine rings is 1. The third-order valence-corrected chi connectivity index (χ3v) is 5.96. The van der Waals surface area contributed by atoms with Crippen LogP contribution < -0.4 is 0 Å². The van der Waals surface area contributed by atoms with Gasteiger partial charge in [-0.15, -0.1) is 0 Å². The van der Waals surface area contributed by atoms with Gasteiger partial charge in [0.1, 0.15) is 0 Å². The standard InChI is InChI=1S/C20H23F2NO3/c21-16-3-2-14(12-17(16)22)19(24)23-8-1-7-20(13-26-11-6-18(20)23)15-4-9-25-10-5-15/h2-4,12,18H,1,5-11,13H2/t18-,20-/m0/s1. The van der Waals surface area contributed by atoms with Gasteiger partial charge in [0.15, 0.2) is 11.6 Å². The normalized spacial score (nSPS) is 29.1. The summed E-state index contributed by atoms with van der Waals surface area (Å²) in [4.78, 5) is 15.0. The molecule has 0 N–H and O–H groups in total. The number of fused-ring (bicyclic) bond motifs is 1. The fourth-order valence-corrected chi connectivity index (χ4v) is 4.72. The molecule has 6 heteroatoms. The van der Waals surface area contributed by atoms with E-state index in [0.29, 0.717) is 33.0 Å². The van der Waals surface area contributed by atoms with Gasteiger partial charge in [0.25, 0.3) is 5.91 Å². The van der Waals surface area contributed by atoms with Gasteiger partial charge in [-0.05, 0) is 43.9 Å². The zero-order chi connectivity index (χ0) is 18.1. The lowest BCUT2D eigenvalue weighted by Gasteiger charge is -2.54. The van der Waals surface area contributed by atoms with Crippen LogP contribution in [0.25, 0.3) is 0 Å². The molecule has 3 aliphatic heterocycles. The first-order chi connectivity index (χ1) is 12.6. The van der Waals surface area contributed by atoms with Crippen LogP contribution in [0.5, 0.6) is 0 Å². The summed E-state index contributed by atoms with van der Waals surface area (Å²) >= 11 is 0. The highest BCUT2D eigenvalue weighted by Gasteiger charge is 2.50. The van der Waals surface area contributed by atoms with E-state index in [1.54, 1.807) is 0 Å². The first kappa shape index (κ1) is 17.6. The van der Waals surface area contributed by atoms with Crippen molar-refractivity contribution in [1.82, 2.24) is 4.90 Å². The summed E-state index contributed by atoms with van der Waals surface area (Å²) in [5.74, 6) is -2.15. The highest BCUT2D eigenvalue weighted by Crippen LogP contribution is 2.48. The molecule has 4 nitrogen and oxygen atoms in total. The smallest absolute Gasteiger partial charge is 0.254 e. The molecule has 3 aliphatic rings. The molecule has 0 aromatic heterocycles. The lowest BCUT2D eigenvalue weighted by atomic mass is 9.65. The van der Waals surface area contributed by atoms with Crippen molar-refractivity contribution in [3.63, 3.8) is 0 Å². The van der Waals surface area contributed by atoms with Gasteiger partial charge in [-0.25, -0.2) is 8.78 Å². The number of rotatable bonds is 2. The van der Waals surface area contributed by atoms with Gasteiger partial charge in [0, 0.05) is 30.2 Å². The number of amides is 1. The van der Waals surface area contributed by atoms with E-state index in [-0.39, 0.29) is 22.9 Å². The van der Waals surface area contributed by atoms with Crippen LogP contribution in [0.1, 0.15) is 36.0 Å². The van der Waals surface area contributed by atoms with Crippen LogP contribution in [0.2, 0.25) is 0 Å². The molecule has 140 valence electrons. The zero-order valence-corrected chi connectivity index (χ0v) is 14.7. The molecule has 1 amide bonds. The predicted molar refractivity (Wildman–Crippen MR) is 91.8 cm³/mol. The van der Waals surface area contributed by atoms with Gasteiger partial charge >= 0.3 is 0 Å². The van der Waals surface area contributed by atoms with E-state index in [1.807, 2.05) is 4.90 Å². The number of hydrogen-bond acceptors (Lipinski definition) is 3. The van der Waals surface area contributed by atoms with E-state index < -0.39 is 11.6 Å². The Labute approximate surface area is 151 Å². The van der Waals surface area contributed by atoms with Gasteiger partial charge in [0.05, 0.1) is 19.8 Å². The number of halogens is 2. The topological polar surface area (TPSA) is 38.8 Å². The Morgan fingerprint density at radius 1 is 1.19 bits per heavy atom. The number of likely N-dealkylation sites (tertiary alicyclic amines) is 1. The largest absolute Gasteiger partial charge is 0.380 e. The van der Waals surface area contributed by atoms with E-state index >= 15 is 0 Å². The van der Waals surface area contributed by atoms with Gasteiger partial charge in [-0.1, -0.05) is 11.6 Å². The maximum atomic E-state index is 13.6. The lowest BCUT2D eigenvalue weighted by molar-refractivity contribution is -0.0739. The number of nitrogens with zero attached hydrogens (tertiary/aromatic N) is 1. The van der Waals surface area contributed by atoms with Crippen molar-refractivity contribution < 1.29 is 23.0 Å². The summed E-state index contributed by atoms with van der Waals surface area (Å²) < 4.78 is 38.2. The van der Waals surface area contributed by atoms with Gasteiger partial charge in [-0.3, -0.25) is 4.79 Å². The van der Waals surface area contributed by atoms with E-state index in [4.69, 9.17) is 9.47 Å². The first-order valence-electron chi connectivity index (χ1n) is 9.23. The van der Waals surface area contributed by atoms with Gasteiger partial charge < -0.3 is 14.4 Å². The highest BCUT2D eigenvalue weighted by atomic mass is 19.2. The average molecular weight is 363 g/mol. The number of benzene rings is 1. The van der Waals surface area contributed by atoms with Crippen LogP contribution in [0.3, 0.4) is 0 Å². The van der Waals surface area contributed by atoms with Crippen LogP contribution in [0.4, 0.5) is 8.78 Å². The molecule has 0 saturated carbocycles. The van der Waals surface area contributed by atoms with Crippen molar-refractivity contribution in [3.05, 3.63) is 47.0 Å². The molecule has 26 heavy (non-hydrogen) atoms. The van der Waals surface area contributed by atoms with Crippen LogP contribution in [-0.2, 0) is 9.47 Å². The second-order valence-corrected chi connectivity index (χ2v) is 7.30. The molecule has 0 aliphatic carbocycles. The summed E-state index contributed by atoms with van der Waals surface area (Å²) in [6.07, 6.45) is 5.59. The van der Waals surface area contributed by atoms with Crippen molar-refractivity contribution in [3.8, 4) is 0 Å². The monoisotopic (exact) mass is 363 g/mol. The van der Waals surface area contributed by atoms with Gasteiger partial charge in [0.2, 0.25) is 0 Å². The Bertz CT molecular complexity index is 732. The molecule has 2 fully saturated rings. The first-order valence-corrected chi connectivity index (χ1v) is 9.23. The summed E-state index contributed by atoms with van der Waals surface area (Å²) in [6, 6.07) is 3.41. The molecule has 0 unspecified atom stereocenters. The van der Waals surface area contributed by atoms with E-state index in [9.17, 15) is 13.6 Å². The van der Waals surface area contributed by atoms with Crippen LogP contribution >= 0.6 is 0 Å². The van der Waals surface area contributed by atoms with Crippen molar-refractivity contribution >= 4 is 5.91 Å². The molecule has 0 bridgehead atoms. The summed E-state index contributed by atoms with van der Waals surface area (Å²) in [5, 5.41) is 0. The Hall–Kier alpha value is -1.79. The van der Waals surface area contributed by atoms with E-state index in [0.717, 1.165) is 37.8 Å². The minimum atomic E-state index is -0.988. The Balaban J connectivity index is 1.67. The molecule has 2 saturated heterocycles. The van der Waals surface area contributed by atoms with Gasteiger partial charge in [-0.2, -0.15) is 0 Å². The van der Waals surface area contributed by atoms with Crippen molar-refractivity contribution in [2.24, 2.45) is 5.41 Å². The average Bonchev–Trinajstić information content (AvgIpc) is 2.69. The third-order valence-electron chi connectivity index (χ3n) is 5.96. The number of carbonyl (C=O) groups excluding carboxylic acids is 1. The minimum absolute atomic E-state index is 0.0231. The van der Waals surface area contributed by atoms with Crippen LogP contribution in [0, 0.1) is 17.0 Å². The Kier molecular flexibility index (Phi) is 4.80. The molecule has 2 atom stereocenters. The Morgan fingerprint density at radius 3 is 2.85 bits per heavy atom. The lowest BCUT2D eigenvalue weighted by Crippen LogP contribution is -2.59. The number of hydrogen-bond donors (Lipinski definition) is 0. The molecule has 3 heterocycles. The van der Waals surface area contributed by atoms with Crippen molar-refractivity contribution in [2.45, 2.75) is 31.7 Å². The molecular formula is C20H23F2NO3. The summed E-state index contributed by atoms with van der Waals surface area (Å²) in [7, 11) is 0. The number of ether oxygens (including phenoxy) is 2. The SMILES string of the molecule is O=C(c1ccc(F)c(F)c1)N1CCC[C@@]2(C3=CCOCC3)COCC[C@H]12. The minimum Gasteiger partial charge on any atom is -0.380 e. The molecule has 4 rings (SSSR count). The number of carbonyl (C=O) groups is 1.